The fourth-order valence-electron chi connectivity index (χ4n) is 3.66. The number of benzene rings is 1. The summed E-state index contributed by atoms with van der Waals surface area (Å²) >= 11 is 0. The molecule has 31 heavy (non-hydrogen) atoms. The van der Waals surface area contributed by atoms with Crippen molar-refractivity contribution in [2.75, 3.05) is 32.2 Å². The number of methoxy groups -OCH3 is 1. The molecule has 8 heteroatoms. The Balaban J connectivity index is 1.41. The molecule has 1 aliphatic heterocycles. The van der Waals surface area contributed by atoms with Gasteiger partial charge in [-0.05, 0) is 17.7 Å². The molecule has 1 aliphatic rings. The third kappa shape index (κ3) is 4.06. The number of aryl methyl sites for hydroxylation is 1. The summed E-state index contributed by atoms with van der Waals surface area (Å²) in [6.07, 6.45) is 8.03. The van der Waals surface area contributed by atoms with Crippen LogP contribution in [0.15, 0.2) is 49.1 Å². The highest BCUT2D eigenvalue weighted by Crippen LogP contribution is 2.29. The van der Waals surface area contributed by atoms with Gasteiger partial charge in [-0.25, -0.2) is 15.0 Å². The molecule has 0 radical (unpaired) electrons. The van der Waals surface area contributed by atoms with E-state index < -0.39 is 0 Å². The van der Waals surface area contributed by atoms with E-state index in [4.69, 9.17) is 14.5 Å². The van der Waals surface area contributed by atoms with E-state index in [1.807, 2.05) is 37.8 Å². The van der Waals surface area contributed by atoms with Crippen LogP contribution in [-0.4, -0.2) is 51.6 Å². The zero-order valence-electron chi connectivity index (χ0n) is 17.6. The van der Waals surface area contributed by atoms with Gasteiger partial charge in [0.05, 0.1) is 26.5 Å². The highest BCUT2D eigenvalue weighted by Gasteiger charge is 2.19. The van der Waals surface area contributed by atoms with Gasteiger partial charge in [-0.15, -0.1) is 0 Å². The summed E-state index contributed by atoms with van der Waals surface area (Å²) < 4.78 is 12.7. The third-order valence-corrected chi connectivity index (χ3v) is 5.49. The molecule has 0 atom stereocenters. The summed E-state index contributed by atoms with van der Waals surface area (Å²) in [6.45, 7) is 2.43. The summed E-state index contributed by atoms with van der Waals surface area (Å²) in [6, 6.07) is 8.10. The van der Waals surface area contributed by atoms with E-state index in [2.05, 4.69) is 32.5 Å². The van der Waals surface area contributed by atoms with Crippen LogP contribution in [0, 0.1) is 5.92 Å². The maximum absolute atomic E-state index is 5.66. The predicted molar refractivity (Wildman–Crippen MR) is 118 cm³/mol. The molecule has 5 rings (SSSR count). The van der Waals surface area contributed by atoms with Crippen molar-refractivity contribution in [3.05, 3.63) is 60.4 Å². The number of nitrogens with one attached hydrogen (secondary N) is 1. The van der Waals surface area contributed by atoms with Crippen LogP contribution in [-0.2, 0) is 18.2 Å². The Morgan fingerprint density at radius 1 is 1.16 bits per heavy atom. The molecule has 1 saturated heterocycles. The summed E-state index contributed by atoms with van der Waals surface area (Å²) in [7, 11) is 3.59. The fourth-order valence-corrected chi connectivity index (χ4v) is 3.66. The van der Waals surface area contributed by atoms with E-state index in [0.717, 1.165) is 64.7 Å². The minimum Gasteiger partial charge on any atom is -0.496 e. The van der Waals surface area contributed by atoms with Crippen LogP contribution in [0.3, 0.4) is 0 Å². The second kappa shape index (κ2) is 8.31. The van der Waals surface area contributed by atoms with Gasteiger partial charge in [-0.2, -0.15) is 5.10 Å². The lowest BCUT2D eigenvalue weighted by atomic mass is 10.0. The highest BCUT2D eigenvalue weighted by molar-refractivity contribution is 5.87. The molecule has 158 valence electrons. The van der Waals surface area contributed by atoms with Gasteiger partial charge in [0, 0.05) is 61.0 Å². The molecule has 3 aromatic heterocycles. The van der Waals surface area contributed by atoms with E-state index in [1.54, 1.807) is 18.0 Å². The maximum Gasteiger partial charge on any atom is 0.152 e. The van der Waals surface area contributed by atoms with Gasteiger partial charge < -0.3 is 14.8 Å². The highest BCUT2D eigenvalue weighted by atomic mass is 16.5. The lowest BCUT2D eigenvalue weighted by Gasteiger charge is -2.26. The van der Waals surface area contributed by atoms with Crippen molar-refractivity contribution >= 4 is 16.7 Å². The number of rotatable bonds is 7. The van der Waals surface area contributed by atoms with Crippen LogP contribution >= 0.6 is 0 Å². The number of pyridine rings is 1. The number of nitrogens with zero attached hydrogens (tertiary/aromatic N) is 5. The van der Waals surface area contributed by atoms with Gasteiger partial charge in [0.1, 0.15) is 17.1 Å². The number of fused-ring (bicyclic) bond motifs is 1. The normalized spacial score (nSPS) is 13.9. The Labute approximate surface area is 180 Å². The Bertz CT molecular complexity index is 1220. The Kier molecular flexibility index (Phi) is 5.21. The average molecular weight is 416 g/mol. The Morgan fingerprint density at radius 3 is 2.81 bits per heavy atom. The average Bonchev–Trinajstić information content (AvgIpc) is 3.19. The molecule has 0 aliphatic carbocycles. The summed E-state index contributed by atoms with van der Waals surface area (Å²) in [5.41, 5.74) is 3.97. The second-order valence-electron chi connectivity index (χ2n) is 7.77. The van der Waals surface area contributed by atoms with E-state index in [-0.39, 0.29) is 0 Å². The number of anilines is 1. The smallest absolute Gasteiger partial charge is 0.152 e. The molecule has 0 saturated carbocycles. The van der Waals surface area contributed by atoms with Gasteiger partial charge in [0.25, 0.3) is 0 Å². The lowest BCUT2D eigenvalue weighted by Crippen LogP contribution is -2.33. The van der Waals surface area contributed by atoms with Crippen molar-refractivity contribution in [2.45, 2.75) is 6.42 Å². The third-order valence-electron chi connectivity index (χ3n) is 5.49. The quantitative estimate of drug-likeness (QED) is 0.495. The van der Waals surface area contributed by atoms with Gasteiger partial charge in [0.2, 0.25) is 0 Å². The van der Waals surface area contributed by atoms with Gasteiger partial charge in [-0.3, -0.25) is 4.68 Å². The predicted octanol–water partition coefficient (Wildman–Crippen LogP) is 3.08. The van der Waals surface area contributed by atoms with Crippen LogP contribution in [0.2, 0.25) is 0 Å². The standard InChI is InChI=1S/C23H24N6O2/c1-29-12-19(11-27-29)16-3-4-17(20(7-16)30-2)8-21-25-10-18-5-6-24-23(22(18)28-21)26-9-15-13-31-14-15/h3-7,10-12,15H,8-9,13-14H2,1-2H3,(H,24,26). The van der Waals surface area contributed by atoms with Crippen molar-refractivity contribution in [1.82, 2.24) is 24.7 Å². The van der Waals surface area contributed by atoms with E-state index >= 15 is 0 Å². The molecule has 0 unspecified atom stereocenters. The van der Waals surface area contributed by atoms with Crippen molar-refractivity contribution in [3.63, 3.8) is 0 Å². The number of hydrogen-bond acceptors (Lipinski definition) is 7. The largest absolute Gasteiger partial charge is 0.496 e. The molecule has 0 amide bonds. The van der Waals surface area contributed by atoms with Crippen LogP contribution in [0.1, 0.15) is 11.4 Å². The summed E-state index contributed by atoms with van der Waals surface area (Å²) in [5.74, 6) is 2.84. The van der Waals surface area contributed by atoms with Crippen LogP contribution in [0.25, 0.3) is 22.0 Å². The summed E-state index contributed by atoms with van der Waals surface area (Å²) in [4.78, 5) is 13.9. The SMILES string of the molecule is COc1cc(-c2cnn(C)c2)ccc1Cc1ncc2ccnc(NCC3COC3)c2n1. The number of ether oxygens (including phenoxy) is 2. The molecule has 0 spiro atoms. The molecular formula is C23H24N6O2. The van der Waals surface area contributed by atoms with Crippen LogP contribution in [0.4, 0.5) is 5.82 Å². The van der Waals surface area contributed by atoms with Crippen molar-refractivity contribution < 1.29 is 9.47 Å². The number of aromatic nitrogens is 5. The first-order valence-corrected chi connectivity index (χ1v) is 10.3. The topological polar surface area (TPSA) is 87.0 Å². The molecular weight excluding hydrogens is 392 g/mol. The first-order chi connectivity index (χ1) is 15.2. The zero-order chi connectivity index (χ0) is 21.2. The monoisotopic (exact) mass is 416 g/mol. The van der Waals surface area contributed by atoms with Crippen molar-refractivity contribution in [2.24, 2.45) is 13.0 Å². The van der Waals surface area contributed by atoms with E-state index in [1.165, 1.54) is 0 Å². The van der Waals surface area contributed by atoms with Crippen molar-refractivity contribution in [3.8, 4) is 16.9 Å². The first kappa shape index (κ1) is 19.4. The van der Waals surface area contributed by atoms with E-state index in [9.17, 15) is 0 Å². The van der Waals surface area contributed by atoms with Gasteiger partial charge >= 0.3 is 0 Å². The molecule has 1 fully saturated rings. The van der Waals surface area contributed by atoms with E-state index in [0.29, 0.717) is 12.3 Å². The van der Waals surface area contributed by atoms with Crippen LogP contribution in [0.5, 0.6) is 5.75 Å². The number of hydrogen-bond donors (Lipinski definition) is 1. The lowest BCUT2D eigenvalue weighted by molar-refractivity contribution is -0.0248. The molecule has 0 bridgehead atoms. The molecule has 8 nitrogen and oxygen atoms in total. The molecule has 1 aromatic carbocycles. The Morgan fingerprint density at radius 2 is 2.06 bits per heavy atom. The van der Waals surface area contributed by atoms with Gasteiger partial charge in [0.15, 0.2) is 5.82 Å². The molecule has 4 heterocycles. The second-order valence-corrected chi connectivity index (χ2v) is 7.77. The zero-order valence-corrected chi connectivity index (χ0v) is 17.6. The first-order valence-electron chi connectivity index (χ1n) is 10.3. The minimum atomic E-state index is 0.529. The maximum atomic E-state index is 5.66. The van der Waals surface area contributed by atoms with Crippen LogP contribution < -0.4 is 10.1 Å². The summed E-state index contributed by atoms with van der Waals surface area (Å²) in [5, 5.41) is 8.63. The minimum absolute atomic E-state index is 0.529. The fraction of sp³-hybridized carbons (Fsp3) is 0.304. The van der Waals surface area contributed by atoms with Gasteiger partial charge in [-0.1, -0.05) is 12.1 Å². The Hall–Kier alpha value is -3.52. The van der Waals surface area contributed by atoms with Crippen molar-refractivity contribution in [1.29, 1.82) is 0 Å². The molecule has 1 N–H and O–H groups in total. The molecule has 4 aromatic rings.